The van der Waals surface area contributed by atoms with Crippen LogP contribution in [0.15, 0.2) is 59.9 Å². The number of rotatable bonds is 7. The first kappa shape index (κ1) is 25.9. The molecule has 1 aliphatic rings. The summed E-state index contributed by atoms with van der Waals surface area (Å²) in [5.41, 5.74) is 2.42. The van der Waals surface area contributed by atoms with E-state index in [4.69, 9.17) is 0 Å². The number of halogens is 1. The van der Waals surface area contributed by atoms with Crippen molar-refractivity contribution >= 4 is 41.5 Å². The minimum Gasteiger partial charge on any atom is -0.371 e. The fraction of sp³-hybridized carbons (Fsp3) is 0.458. The Labute approximate surface area is 208 Å². The summed E-state index contributed by atoms with van der Waals surface area (Å²) in [6.45, 7) is 5.15. The summed E-state index contributed by atoms with van der Waals surface area (Å²) in [4.78, 5) is 24.7. The van der Waals surface area contributed by atoms with Gasteiger partial charge < -0.3 is 20.4 Å². The summed E-state index contributed by atoms with van der Waals surface area (Å²) < 4.78 is 0. The van der Waals surface area contributed by atoms with Gasteiger partial charge in [-0.05, 0) is 43.4 Å². The van der Waals surface area contributed by atoms with Crippen LogP contribution in [-0.2, 0) is 4.79 Å². The molecule has 2 aromatic rings. The van der Waals surface area contributed by atoms with Crippen LogP contribution in [0, 0.1) is 5.92 Å². The lowest BCUT2D eigenvalue weighted by molar-refractivity contribution is -0.127. The average Bonchev–Trinajstić information content (AvgIpc) is 2.82. The molecule has 0 saturated carbocycles. The molecule has 0 spiro atoms. The van der Waals surface area contributed by atoms with Crippen molar-refractivity contribution in [3.05, 3.63) is 60.4 Å². The Morgan fingerprint density at radius 2 is 1.81 bits per heavy atom. The molecule has 32 heavy (non-hydrogen) atoms. The number of anilines is 1. The topological polar surface area (TPSA) is 72.9 Å². The lowest BCUT2D eigenvalue weighted by Gasteiger charge is -2.34. The van der Waals surface area contributed by atoms with Gasteiger partial charge in [-0.1, -0.05) is 30.3 Å². The fourth-order valence-corrected chi connectivity index (χ4v) is 3.66. The van der Waals surface area contributed by atoms with E-state index in [1.54, 1.807) is 19.0 Å². The minimum atomic E-state index is -0.0147. The lowest BCUT2D eigenvalue weighted by atomic mass is 9.96. The van der Waals surface area contributed by atoms with Gasteiger partial charge in [0.25, 0.3) is 0 Å². The fourth-order valence-electron chi connectivity index (χ4n) is 3.66. The maximum absolute atomic E-state index is 12.0. The number of benzene rings is 1. The van der Waals surface area contributed by atoms with Gasteiger partial charge in [0.05, 0.1) is 6.04 Å². The maximum Gasteiger partial charge on any atom is 0.243 e. The van der Waals surface area contributed by atoms with Gasteiger partial charge in [-0.15, -0.1) is 24.0 Å². The van der Waals surface area contributed by atoms with Crippen molar-refractivity contribution in [3.63, 3.8) is 0 Å². The quantitative estimate of drug-likeness (QED) is 0.315. The Hall–Kier alpha value is -2.36. The van der Waals surface area contributed by atoms with Crippen molar-refractivity contribution in [2.75, 3.05) is 45.2 Å². The molecule has 1 aromatic heterocycles. The van der Waals surface area contributed by atoms with Crippen molar-refractivity contribution in [3.8, 4) is 0 Å². The summed E-state index contributed by atoms with van der Waals surface area (Å²) in [5.74, 6) is 1.24. The monoisotopic (exact) mass is 550 g/mol. The number of hydrogen-bond acceptors (Lipinski definition) is 4. The molecule has 0 bridgehead atoms. The Kier molecular flexibility index (Phi) is 10.7. The Morgan fingerprint density at radius 3 is 2.44 bits per heavy atom. The zero-order valence-corrected chi connectivity index (χ0v) is 21.5. The van der Waals surface area contributed by atoms with Crippen LogP contribution in [0.2, 0.25) is 0 Å². The molecule has 1 aromatic carbocycles. The van der Waals surface area contributed by atoms with E-state index in [1.807, 2.05) is 30.6 Å². The summed E-state index contributed by atoms with van der Waals surface area (Å²) in [5, 5.41) is 6.93. The minimum absolute atomic E-state index is 0. The molecule has 1 amide bonds. The third kappa shape index (κ3) is 7.96. The van der Waals surface area contributed by atoms with E-state index in [1.165, 1.54) is 11.3 Å². The number of nitrogens with one attached hydrogen (secondary N) is 2. The third-order valence-electron chi connectivity index (χ3n) is 5.72. The van der Waals surface area contributed by atoms with E-state index in [2.05, 4.69) is 56.7 Å². The molecular weight excluding hydrogens is 515 g/mol. The molecule has 0 aliphatic carbocycles. The summed E-state index contributed by atoms with van der Waals surface area (Å²) in [7, 11) is 3.50. The first-order chi connectivity index (χ1) is 15.0. The van der Waals surface area contributed by atoms with E-state index in [0.29, 0.717) is 11.9 Å². The molecule has 2 N–H and O–H groups in total. The molecule has 8 heteroatoms. The van der Waals surface area contributed by atoms with Gasteiger partial charge in [-0.25, -0.2) is 4.99 Å². The van der Waals surface area contributed by atoms with Crippen LogP contribution in [0.3, 0.4) is 0 Å². The molecule has 174 valence electrons. The second kappa shape index (κ2) is 13.2. The number of amides is 1. The number of carbonyl (C=O) groups is 1. The summed E-state index contributed by atoms with van der Waals surface area (Å²) >= 11 is 0. The average molecular weight is 550 g/mol. The van der Waals surface area contributed by atoms with E-state index in [9.17, 15) is 4.79 Å². The molecular formula is C24H35IN6O. The standard InChI is InChI=1S/C24H34N6O.HI/c1-19(21-7-5-4-6-8-21)28-24(27-18-23(31)29(2)3)26-17-20-11-15-30(16-12-20)22-9-13-25-14-10-22;/h4-10,13-14,19-20H,11-12,15-18H2,1-3H3,(H2,26,27,28);1H. The number of likely N-dealkylation sites (N-methyl/N-ethyl adjacent to an activating group) is 1. The van der Waals surface area contributed by atoms with Gasteiger partial charge in [0, 0.05) is 51.8 Å². The first-order valence-corrected chi connectivity index (χ1v) is 11.0. The van der Waals surface area contributed by atoms with Gasteiger partial charge in [0.15, 0.2) is 5.96 Å². The normalized spacial score (nSPS) is 15.5. The van der Waals surface area contributed by atoms with E-state index in [-0.39, 0.29) is 42.5 Å². The van der Waals surface area contributed by atoms with Crippen LogP contribution in [-0.4, -0.2) is 62.0 Å². The van der Waals surface area contributed by atoms with Crippen molar-refractivity contribution in [1.29, 1.82) is 0 Å². The number of carbonyl (C=O) groups excluding carboxylic acids is 1. The third-order valence-corrected chi connectivity index (χ3v) is 5.72. The Morgan fingerprint density at radius 1 is 1.16 bits per heavy atom. The smallest absolute Gasteiger partial charge is 0.243 e. The highest BCUT2D eigenvalue weighted by molar-refractivity contribution is 14.0. The van der Waals surface area contributed by atoms with Gasteiger partial charge in [-0.3, -0.25) is 9.78 Å². The molecule has 0 radical (unpaired) electrons. The van der Waals surface area contributed by atoms with Crippen LogP contribution in [0.25, 0.3) is 0 Å². The number of nitrogens with zero attached hydrogens (tertiary/aromatic N) is 4. The van der Waals surface area contributed by atoms with Crippen molar-refractivity contribution in [1.82, 2.24) is 20.5 Å². The second-order valence-corrected chi connectivity index (χ2v) is 8.25. The van der Waals surface area contributed by atoms with Crippen LogP contribution >= 0.6 is 24.0 Å². The number of hydrogen-bond donors (Lipinski definition) is 2. The number of pyridine rings is 1. The van der Waals surface area contributed by atoms with E-state index >= 15 is 0 Å². The molecule has 7 nitrogen and oxygen atoms in total. The van der Waals surface area contributed by atoms with Gasteiger partial charge in [-0.2, -0.15) is 0 Å². The maximum atomic E-state index is 12.0. The predicted molar refractivity (Wildman–Crippen MR) is 142 cm³/mol. The summed E-state index contributed by atoms with van der Waals surface area (Å²) in [6.07, 6.45) is 5.93. The van der Waals surface area contributed by atoms with Gasteiger partial charge in [0.1, 0.15) is 6.54 Å². The van der Waals surface area contributed by atoms with E-state index < -0.39 is 0 Å². The first-order valence-electron chi connectivity index (χ1n) is 11.0. The molecule has 1 atom stereocenters. The number of aliphatic imine (C=N–C) groups is 1. The zero-order chi connectivity index (χ0) is 22.1. The molecule has 1 aliphatic heterocycles. The van der Waals surface area contributed by atoms with Crippen LogP contribution in [0.1, 0.15) is 31.4 Å². The second-order valence-electron chi connectivity index (χ2n) is 8.25. The van der Waals surface area contributed by atoms with Crippen LogP contribution in [0.4, 0.5) is 5.69 Å². The Balaban J connectivity index is 0.00000363. The lowest BCUT2D eigenvalue weighted by Crippen LogP contribution is -2.44. The largest absolute Gasteiger partial charge is 0.371 e. The molecule has 2 heterocycles. The SMILES string of the molecule is CC(NC(=NCC(=O)N(C)C)NCC1CCN(c2ccncc2)CC1)c1ccccc1.I. The van der Waals surface area contributed by atoms with Crippen molar-refractivity contribution < 1.29 is 4.79 Å². The van der Waals surface area contributed by atoms with Gasteiger partial charge in [0.2, 0.25) is 5.91 Å². The highest BCUT2D eigenvalue weighted by Crippen LogP contribution is 2.22. The number of piperidine rings is 1. The molecule has 1 saturated heterocycles. The van der Waals surface area contributed by atoms with Crippen molar-refractivity contribution in [2.24, 2.45) is 10.9 Å². The highest BCUT2D eigenvalue weighted by Gasteiger charge is 2.20. The highest BCUT2D eigenvalue weighted by atomic mass is 127. The van der Waals surface area contributed by atoms with Crippen LogP contribution in [0.5, 0.6) is 0 Å². The predicted octanol–water partition coefficient (Wildman–Crippen LogP) is 3.30. The van der Waals surface area contributed by atoms with Gasteiger partial charge >= 0.3 is 0 Å². The zero-order valence-electron chi connectivity index (χ0n) is 19.2. The van der Waals surface area contributed by atoms with E-state index in [0.717, 1.165) is 32.5 Å². The van der Waals surface area contributed by atoms with Crippen LogP contribution < -0.4 is 15.5 Å². The molecule has 1 fully saturated rings. The summed E-state index contributed by atoms with van der Waals surface area (Å²) in [6, 6.07) is 14.5. The number of aromatic nitrogens is 1. The number of guanidine groups is 1. The Bertz CT molecular complexity index is 838. The molecule has 1 unspecified atom stereocenters. The molecule has 3 rings (SSSR count). The van der Waals surface area contributed by atoms with Crippen molar-refractivity contribution in [2.45, 2.75) is 25.8 Å².